The largest absolute Gasteiger partial charge is 0.368 e. The number of carbonyl (C=O) groups is 1. The predicted octanol–water partition coefficient (Wildman–Crippen LogP) is 1.58. The molecule has 1 aromatic rings. The molecular formula is C15H18N2O2. The fourth-order valence-corrected chi connectivity index (χ4v) is 2.35. The zero-order valence-corrected chi connectivity index (χ0v) is 10.9. The quantitative estimate of drug-likeness (QED) is 0.608. The summed E-state index contributed by atoms with van der Waals surface area (Å²) >= 11 is 0. The second-order valence-electron chi connectivity index (χ2n) is 4.71. The molecule has 1 saturated heterocycles. The number of terminal acetylenes is 1. The van der Waals surface area contributed by atoms with Crippen molar-refractivity contribution in [2.75, 3.05) is 26.3 Å². The highest BCUT2D eigenvalue weighted by Crippen LogP contribution is 2.18. The average Bonchev–Trinajstić information content (AvgIpc) is 2.48. The fourth-order valence-electron chi connectivity index (χ4n) is 2.35. The number of piperidine rings is 1. The van der Waals surface area contributed by atoms with Gasteiger partial charge in [0.05, 0.1) is 6.61 Å². The van der Waals surface area contributed by atoms with Crippen molar-refractivity contribution in [2.45, 2.75) is 12.8 Å². The van der Waals surface area contributed by atoms with Crippen LogP contribution in [-0.4, -0.2) is 42.1 Å². The van der Waals surface area contributed by atoms with E-state index in [2.05, 4.69) is 10.9 Å². The van der Waals surface area contributed by atoms with E-state index in [-0.39, 0.29) is 5.91 Å². The molecule has 1 atom stereocenters. The molecule has 1 aliphatic rings. The lowest BCUT2D eigenvalue weighted by Gasteiger charge is -2.32. The van der Waals surface area contributed by atoms with Crippen LogP contribution in [0.3, 0.4) is 0 Å². The third kappa shape index (κ3) is 3.80. The molecule has 1 aromatic heterocycles. The molecule has 1 aliphatic heterocycles. The van der Waals surface area contributed by atoms with Gasteiger partial charge < -0.3 is 9.64 Å². The molecular weight excluding hydrogens is 240 g/mol. The second kappa shape index (κ2) is 6.91. The number of amides is 1. The number of nitrogens with zero attached hydrogens (tertiary/aromatic N) is 2. The smallest absolute Gasteiger partial charge is 0.253 e. The Balaban J connectivity index is 1.90. The average molecular weight is 258 g/mol. The number of carbonyl (C=O) groups excluding carboxylic acids is 1. The van der Waals surface area contributed by atoms with E-state index in [1.165, 1.54) is 0 Å². The zero-order valence-electron chi connectivity index (χ0n) is 10.9. The molecule has 0 saturated carbocycles. The first kappa shape index (κ1) is 13.6. The van der Waals surface area contributed by atoms with Crippen molar-refractivity contribution in [1.82, 2.24) is 9.88 Å². The normalized spacial score (nSPS) is 18.9. The SMILES string of the molecule is C#CCOCC1CCCN(C(=O)c2ccncc2)C1. The van der Waals surface area contributed by atoms with Crippen molar-refractivity contribution >= 4 is 5.91 Å². The Hall–Kier alpha value is -1.86. The van der Waals surface area contributed by atoms with Crippen molar-refractivity contribution in [3.63, 3.8) is 0 Å². The predicted molar refractivity (Wildman–Crippen MR) is 72.5 cm³/mol. The van der Waals surface area contributed by atoms with Gasteiger partial charge in [0.25, 0.3) is 5.91 Å². The van der Waals surface area contributed by atoms with E-state index in [1.54, 1.807) is 24.5 Å². The molecule has 0 aromatic carbocycles. The maximum Gasteiger partial charge on any atom is 0.253 e. The van der Waals surface area contributed by atoms with E-state index in [0.29, 0.717) is 24.7 Å². The lowest BCUT2D eigenvalue weighted by molar-refractivity contribution is 0.0534. The number of pyridine rings is 1. The molecule has 0 aliphatic carbocycles. The molecule has 2 rings (SSSR count). The Kier molecular flexibility index (Phi) is 4.93. The Bertz CT molecular complexity index is 453. The van der Waals surface area contributed by atoms with Gasteiger partial charge in [0.2, 0.25) is 0 Å². The summed E-state index contributed by atoms with van der Waals surface area (Å²) in [7, 11) is 0. The van der Waals surface area contributed by atoms with Crippen LogP contribution in [0.4, 0.5) is 0 Å². The Labute approximate surface area is 113 Å². The lowest BCUT2D eigenvalue weighted by atomic mass is 9.98. The second-order valence-corrected chi connectivity index (χ2v) is 4.71. The van der Waals surface area contributed by atoms with Crippen molar-refractivity contribution < 1.29 is 9.53 Å². The molecule has 2 heterocycles. The number of rotatable bonds is 4. The third-order valence-electron chi connectivity index (χ3n) is 3.27. The highest BCUT2D eigenvalue weighted by molar-refractivity contribution is 5.94. The first-order valence-electron chi connectivity index (χ1n) is 6.51. The number of likely N-dealkylation sites (tertiary alicyclic amines) is 1. The Morgan fingerprint density at radius 1 is 1.53 bits per heavy atom. The van der Waals surface area contributed by atoms with E-state index in [9.17, 15) is 4.79 Å². The van der Waals surface area contributed by atoms with Crippen molar-refractivity contribution in [3.05, 3.63) is 30.1 Å². The molecule has 0 N–H and O–H groups in total. The summed E-state index contributed by atoms with van der Waals surface area (Å²) in [4.78, 5) is 18.1. The molecule has 1 fully saturated rings. The highest BCUT2D eigenvalue weighted by atomic mass is 16.5. The molecule has 4 heteroatoms. The van der Waals surface area contributed by atoms with Crippen LogP contribution in [0.1, 0.15) is 23.2 Å². The molecule has 1 amide bonds. The van der Waals surface area contributed by atoms with Crippen molar-refractivity contribution in [1.29, 1.82) is 0 Å². The molecule has 4 nitrogen and oxygen atoms in total. The molecule has 0 spiro atoms. The molecule has 1 unspecified atom stereocenters. The van der Waals surface area contributed by atoms with Crippen LogP contribution >= 0.6 is 0 Å². The maximum atomic E-state index is 12.3. The summed E-state index contributed by atoms with van der Waals surface area (Å²) < 4.78 is 5.37. The number of hydrogen-bond acceptors (Lipinski definition) is 3. The molecule has 0 bridgehead atoms. The van der Waals surface area contributed by atoms with Crippen molar-refractivity contribution in [2.24, 2.45) is 5.92 Å². The van der Waals surface area contributed by atoms with Gasteiger partial charge in [-0.1, -0.05) is 5.92 Å². The van der Waals surface area contributed by atoms with Gasteiger partial charge in [-0.15, -0.1) is 6.42 Å². The van der Waals surface area contributed by atoms with Crippen LogP contribution in [0.25, 0.3) is 0 Å². The molecule has 19 heavy (non-hydrogen) atoms. The lowest BCUT2D eigenvalue weighted by Crippen LogP contribution is -2.41. The van der Waals surface area contributed by atoms with Crippen LogP contribution in [0, 0.1) is 18.3 Å². The van der Waals surface area contributed by atoms with Gasteiger partial charge in [-0.3, -0.25) is 9.78 Å². The number of aromatic nitrogens is 1. The maximum absolute atomic E-state index is 12.3. The summed E-state index contributed by atoms with van der Waals surface area (Å²) in [6.45, 7) is 2.53. The number of ether oxygens (including phenoxy) is 1. The highest BCUT2D eigenvalue weighted by Gasteiger charge is 2.24. The third-order valence-corrected chi connectivity index (χ3v) is 3.27. The Morgan fingerprint density at radius 2 is 2.32 bits per heavy atom. The fraction of sp³-hybridized carbons (Fsp3) is 0.467. The zero-order chi connectivity index (χ0) is 13.5. The summed E-state index contributed by atoms with van der Waals surface area (Å²) in [5, 5.41) is 0. The number of hydrogen-bond donors (Lipinski definition) is 0. The van der Waals surface area contributed by atoms with Gasteiger partial charge in [-0.05, 0) is 25.0 Å². The van der Waals surface area contributed by atoms with E-state index in [4.69, 9.17) is 11.2 Å². The molecule has 0 radical (unpaired) electrons. The van der Waals surface area contributed by atoms with Crippen LogP contribution in [0.15, 0.2) is 24.5 Å². The summed E-state index contributed by atoms with van der Waals surface area (Å²) in [5.74, 6) is 2.91. The summed E-state index contributed by atoms with van der Waals surface area (Å²) in [5.41, 5.74) is 0.695. The first-order chi connectivity index (χ1) is 9.31. The van der Waals surface area contributed by atoms with Gasteiger partial charge in [0, 0.05) is 37.0 Å². The first-order valence-corrected chi connectivity index (χ1v) is 6.51. The van der Waals surface area contributed by atoms with Crippen LogP contribution in [-0.2, 0) is 4.74 Å². The van der Waals surface area contributed by atoms with Gasteiger partial charge in [-0.25, -0.2) is 0 Å². The minimum atomic E-state index is 0.0732. The monoisotopic (exact) mass is 258 g/mol. The van der Waals surface area contributed by atoms with Crippen LogP contribution < -0.4 is 0 Å². The summed E-state index contributed by atoms with van der Waals surface area (Å²) in [6, 6.07) is 3.50. The van der Waals surface area contributed by atoms with Crippen LogP contribution in [0.5, 0.6) is 0 Å². The Morgan fingerprint density at radius 3 is 3.05 bits per heavy atom. The minimum absolute atomic E-state index is 0.0732. The topological polar surface area (TPSA) is 42.4 Å². The van der Waals surface area contributed by atoms with E-state index < -0.39 is 0 Å². The standard InChI is InChI=1S/C15H18N2O2/c1-2-10-19-12-13-4-3-9-17(11-13)15(18)14-5-7-16-8-6-14/h1,5-8,13H,3-4,9-12H2. The van der Waals surface area contributed by atoms with E-state index >= 15 is 0 Å². The van der Waals surface area contributed by atoms with Gasteiger partial charge in [0.1, 0.15) is 6.61 Å². The van der Waals surface area contributed by atoms with Gasteiger partial charge in [-0.2, -0.15) is 0 Å². The van der Waals surface area contributed by atoms with Crippen LogP contribution in [0.2, 0.25) is 0 Å². The van der Waals surface area contributed by atoms with Gasteiger partial charge in [0.15, 0.2) is 0 Å². The van der Waals surface area contributed by atoms with E-state index in [1.807, 2.05) is 4.90 Å². The summed E-state index contributed by atoms with van der Waals surface area (Å²) in [6.07, 6.45) is 10.5. The molecule has 100 valence electrons. The van der Waals surface area contributed by atoms with Crippen molar-refractivity contribution in [3.8, 4) is 12.3 Å². The van der Waals surface area contributed by atoms with E-state index in [0.717, 1.165) is 25.9 Å². The minimum Gasteiger partial charge on any atom is -0.368 e. The van der Waals surface area contributed by atoms with Gasteiger partial charge >= 0.3 is 0 Å².